The summed E-state index contributed by atoms with van der Waals surface area (Å²) in [5.41, 5.74) is 3.18. The van der Waals surface area contributed by atoms with Gasteiger partial charge in [-0.2, -0.15) is 0 Å². The van der Waals surface area contributed by atoms with E-state index in [1.54, 1.807) is 23.1 Å². The minimum absolute atomic E-state index is 0.0840. The summed E-state index contributed by atoms with van der Waals surface area (Å²) in [5.74, 6) is -0.0878. The first-order chi connectivity index (χ1) is 19.3. The average Bonchev–Trinajstić information content (AvgIpc) is 3.21. The highest BCUT2D eigenvalue weighted by Gasteiger charge is 2.45. The average molecular weight is 543 g/mol. The van der Waals surface area contributed by atoms with Crippen LogP contribution >= 0.6 is 0 Å². The molecule has 1 saturated heterocycles. The standard InChI is InChI=1S/C33H38N2O5/c1-5-6-20-39-28-17-14-26(21-23(28)2)31(36)29-30(35(19-18-34(3)4)33(38)32(29)37)25-12-15-27(16-13-25)40-22-24-10-8-7-9-11-24/h7-17,21,30,36H,5-6,18-20,22H2,1-4H3/b31-29+. The van der Waals surface area contributed by atoms with E-state index in [4.69, 9.17) is 9.47 Å². The van der Waals surface area contributed by atoms with Crippen LogP contribution in [0.4, 0.5) is 0 Å². The number of hydrogen-bond acceptors (Lipinski definition) is 6. The van der Waals surface area contributed by atoms with Crippen LogP contribution in [0.3, 0.4) is 0 Å². The van der Waals surface area contributed by atoms with Gasteiger partial charge >= 0.3 is 0 Å². The molecule has 1 unspecified atom stereocenters. The van der Waals surface area contributed by atoms with Crippen LogP contribution in [0.15, 0.2) is 78.4 Å². The highest BCUT2D eigenvalue weighted by Crippen LogP contribution is 2.40. The fraction of sp³-hybridized carbons (Fsp3) is 0.333. The van der Waals surface area contributed by atoms with Crippen LogP contribution < -0.4 is 9.47 Å². The number of likely N-dealkylation sites (N-methyl/N-ethyl adjacent to an activating group) is 1. The second kappa shape index (κ2) is 13.3. The first kappa shape index (κ1) is 28.9. The Morgan fingerprint density at radius 2 is 1.70 bits per heavy atom. The number of Topliss-reactive ketones (excluding diaryl/α,β-unsaturated/α-hetero) is 1. The van der Waals surface area contributed by atoms with Crippen molar-refractivity contribution < 1.29 is 24.2 Å². The van der Waals surface area contributed by atoms with Crippen molar-refractivity contribution in [1.29, 1.82) is 0 Å². The lowest BCUT2D eigenvalue weighted by atomic mass is 9.94. The van der Waals surface area contributed by atoms with Crippen molar-refractivity contribution in [2.75, 3.05) is 33.8 Å². The van der Waals surface area contributed by atoms with Gasteiger partial charge in [0.2, 0.25) is 0 Å². The number of aliphatic hydroxyl groups excluding tert-OH is 1. The maximum Gasteiger partial charge on any atom is 0.295 e. The molecule has 1 heterocycles. The molecule has 40 heavy (non-hydrogen) atoms. The number of likely N-dealkylation sites (tertiary alicyclic amines) is 1. The highest BCUT2D eigenvalue weighted by atomic mass is 16.5. The van der Waals surface area contributed by atoms with E-state index in [0.717, 1.165) is 35.3 Å². The summed E-state index contributed by atoms with van der Waals surface area (Å²) >= 11 is 0. The topological polar surface area (TPSA) is 79.3 Å². The Balaban J connectivity index is 1.66. The van der Waals surface area contributed by atoms with Crippen LogP contribution in [0.25, 0.3) is 5.76 Å². The summed E-state index contributed by atoms with van der Waals surface area (Å²) in [6, 6.07) is 21.9. The van der Waals surface area contributed by atoms with Crippen molar-refractivity contribution in [2.45, 2.75) is 39.3 Å². The predicted molar refractivity (Wildman–Crippen MR) is 156 cm³/mol. The smallest absolute Gasteiger partial charge is 0.295 e. The van der Waals surface area contributed by atoms with Crippen LogP contribution in [0.2, 0.25) is 0 Å². The minimum Gasteiger partial charge on any atom is -0.507 e. The zero-order chi connectivity index (χ0) is 28.6. The van der Waals surface area contributed by atoms with Crippen molar-refractivity contribution >= 4 is 17.4 Å². The van der Waals surface area contributed by atoms with E-state index in [1.165, 1.54) is 0 Å². The van der Waals surface area contributed by atoms with Gasteiger partial charge in [-0.1, -0.05) is 55.8 Å². The molecule has 0 aromatic heterocycles. The highest BCUT2D eigenvalue weighted by molar-refractivity contribution is 6.46. The molecule has 1 amide bonds. The number of ketones is 1. The number of hydrogen-bond donors (Lipinski definition) is 1. The number of unbranched alkanes of at least 4 members (excludes halogenated alkanes) is 1. The maximum absolute atomic E-state index is 13.3. The van der Waals surface area contributed by atoms with Gasteiger partial charge in [-0.25, -0.2) is 0 Å². The predicted octanol–water partition coefficient (Wildman–Crippen LogP) is 5.74. The molecule has 7 heteroatoms. The van der Waals surface area contributed by atoms with E-state index < -0.39 is 17.7 Å². The van der Waals surface area contributed by atoms with Crippen molar-refractivity contribution in [3.63, 3.8) is 0 Å². The first-order valence-electron chi connectivity index (χ1n) is 13.7. The molecule has 3 aromatic rings. The summed E-state index contributed by atoms with van der Waals surface area (Å²) in [7, 11) is 3.83. The Hall–Kier alpha value is -4.10. The van der Waals surface area contributed by atoms with Gasteiger partial charge in [0.15, 0.2) is 0 Å². The number of ether oxygens (including phenoxy) is 2. The van der Waals surface area contributed by atoms with Gasteiger partial charge in [-0.15, -0.1) is 0 Å². The van der Waals surface area contributed by atoms with Crippen molar-refractivity contribution in [1.82, 2.24) is 9.80 Å². The van der Waals surface area contributed by atoms with Gasteiger partial charge in [0.1, 0.15) is 23.9 Å². The van der Waals surface area contributed by atoms with Gasteiger partial charge in [-0.05, 0) is 74.5 Å². The Kier molecular flexibility index (Phi) is 9.61. The monoisotopic (exact) mass is 542 g/mol. The number of carbonyl (C=O) groups is 2. The molecule has 1 aliphatic rings. The lowest BCUT2D eigenvalue weighted by Crippen LogP contribution is -2.35. The van der Waals surface area contributed by atoms with Crippen molar-refractivity contribution in [3.8, 4) is 11.5 Å². The second-order valence-electron chi connectivity index (χ2n) is 10.3. The summed E-state index contributed by atoms with van der Waals surface area (Å²) in [5, 5.41) is 11.4. The summed E-state index contributed by atoms with van der Waals surface area (Å²) in [4.78, 5) is 30.0. The van der Waals surface area contributed by atoms with E-state index in [9.17, 15) is 14.7 Å². The Morgan fingerprint density at radius 3 is 2.35 bits per heavy atom. The summed E-state index contributed by atoms with van der Waals surface area (Å²) in [6.07, 6.45) is 1.99. The Morgan fingerprint density at radius 1 is 0.975 bits per heavy atom. The fourth-order valence-electron chi connectivity index (χ4n) is 4.69. The molecule has 3 aromatic carbocycles. The molecule has 1 fully saturated rings. The van der Waals surface area contributed by atoms with Gasteiger partial charge in [-0.3, -0.25) is 9.59 Å². The number of nitrogens with zero attached hydrogens (tertiary/aromatic N) is 2. The maximum atomic E-state index is 13.3. The van der Waals surface area contributed by atoms with Crippen molar-refractivity contribution in [2.24, 2.45) is 0 Å². The quantitative estimate of drug-likeness (QED) is 0.136. The van der Waals surface area contributed by atoms with Gasteiger partial charge in [0.25, 0.3) is 11.7 Å². The number of benzene rings is 3. The van der Waals surface area contributed by atoms with Crippen LogP contribution in [0.1, 0.15) is 48.1 Å². The zero-order valence-corrected chi connectivity index (χ0v) is 23.7. The normalized spacial score (nSPS) is 16.5. The Bertz CT molecular complexity index is 1350. The van der Waals surface area contributed by atoms with E-state index >= 15 is 0 Å². The van der Waals surface area contributed by atoms with Crippen LogP contribution in [0, 0.1) is 6.92 Å². The molecule has 1 aliphatic heterocycles. The van der Waals surface area contributed by atoms with Gasteiger partial charge < -0.3 is 24.4 Å². The third-order valence-corrected chi connectivity index (χ3v) is 6.98. The molecular formula is C33H38N2O5. The second-order valence-corrected chi connectivity index (χ2v) is 10.3. The number of aryl methyl sites for hydroxylation is 1. The molecular weight excluding hydrogens is 504 g/mol. The molecule has 1 atom stereocenters. The van der Waals surface area contributed by atoms with Gasteiger partial charge in [0, 0.05) is 18.7 Å². The molecule has 0 radical (unpaired) electrons. The Labute approximate surface area is 236 Å². The molecule has 1 N–H and O–H groups in total. The molecule has 0 saturated carbocycles. The van der Waals surface area contributed by atoms with Crippen LogP contribution in [-0.2, 0) is 16.2 Å². The lowest BCUT2D eigenvalue weighted by molar-refractivity contribution is -0.140. The van der Waals surface area contributed by atoms with Gasteiger partial charge in [0.05, 0.1) is 18.2 Å². The number of carbonyl (C=O) groups excluding carboxylic acids is 2. The van der Waals surface area contributed by atoms with Crippen LogP contribution in [0.5, 0.6) is 11.5 Å². The van der Waals surface area contributed by atoms with E-state index in [1.807, 2.05) is 80.5 Å². The lowest BCUT2D eigenvalue weighted by Gasteiger charge is -2.26. The first-order valence-corrected chi connectivity index (χ1v) is 13.7. The van der Waals surface area contributed by atoms with Crippen molar-refractivity contribution in [3.05, 3.63) is 101 Å². The largest absolute Gasteiger partial charge is 0.507 e. The third kappa shape index (κ3) is 6.72. The number of aliphatic hydroxyl groups is 1. The van der Waals surface area contributed by atoms with Crippen LogP contribution in [-0.4, -0.2) is 60.4 Å². The fourth-order valence-corrected chi connectivity index (χ4v) is 4.69. The summed E-state index contributed by atoms with van der Waals surface area (Å²) in [6.45, 7) is 5.97. The van der Waals surface area contributed by atoms with E-state index in [0.29, 0.717) is 37.6 Å². The molecule has 0 bridgehead atoms. The zero-order valence-electron chi connectivity index (χ0n) is 23.7. The molecule has 4 rings (SSSR count). The molecule has 7 nitrogen and oxygen atoms in total. The van der Waals surface area contributed by atoms with E-state index in [-0.39, 0.29) is 11.3 Å². The minimum atomic E-state index is -0.719. The summed E-state index contributed by atoms with van der Waals surface area (Å²) < 4.78 is 11.8. The number of amides is 1. The molecule has 0 aliphatic carbocycles. The molecule has 210 valence electrons. The third-order valence-electron chi connectivity index (χ3n) is 6.98. The number of rotatable bonds is 12. The SMILES string of the molecule is CCCCOc1ccc(/C(O)=C2\C(=O)C(=O)N(CCN(C)C)C2c2ccc(OCc3ccccc3)cc2)cc1C. The molecule has 0 spiro atoms. The van der Waals surface area contributed by atoms with E-state index in [2.05, 4.69) is 6.92 Å².